The summed E-state index contributed by atoms with van der Waals surface area (Å²) in [6.07, 6.45) is 0.942. The zero-order chi connectivity index (χ0) is 15.4. The quantitative estimate of drug-likeness (QED) is 0.921. The average Bonchev–Trinajstić information content (AvgIpc) is 2.48. The molecule has 0 saturated carbocycles. The molecule has 1 aliphatic heterocycles. The Kier molecular flexibility index (Phi) is 5.31. The molecule has 21 heavy (non-hydrogen) atoms. The lowest BCUT2D eigenvalue weighted by atomic mass is 9.97. The van der Waals surface area contributed by atoms with Crippen LogP contribution in [0.4, 0.5) is 0 Å². The minimum absolute atomic E-state index is 0.141. The lowest BCUT2D eigenvalue weighted by Crippen LogP contribution is -2.42. The SMILES string of the molecule is O=C(O)C1CCN(C(=O)COc2cc(Cl)ccc2Cl)CC1. The van der Waals surface area contributed by atoms with Crippen molar-refractivity contribution in [2.75, 3.05) is 19.7 Å². The van der Waals surface area contributed by atoms with E-state index in [1.165, 1.54) is 0 Å². The van der Waals surface area contributed by atoms with Gasteiger partial charge in [-0.15, -0.1) is 0 Å². The number of aliphatic carboxylic acids is 1. The Balaban J connectivity index is 1.85. The van der Waals surface area contributed by atoms with Gasteiger partial charge >= 0.3 is 5.97 Å². The van der Waals surface area contributed by atoms with Crippen LogP contribution >= 0.6 is 23.2 Å². The number of carbonyl (C=O) groups is 2. The number of hydrogen-bond donors (Lipinski definition) is 1. The van der Waals surface area contributed by atoms with Crippen LogP contribution in [0.15, 0.2) is 18.2 Å². The third kappa shape index (κ3) is 4.25. The van der Waals surface area contributed by atoms with Crippen molar-refractivity contribution in [3.8, 4) is 5.75 Å². The van der Waals surface area contributed by atoms with Crippen molar-refractivity contribution in [3.63, 3.8) is 0 Å². The van der Waals surface area contributed by atoms with Crippen LogP contribution in [0.5, 0.6) is 5.75 Å². The van der Waals surface area contributed by atoms with Crippen LogP contribution in [0.3, 0.4) is 0 Å². The molecule has 1 saturated heterocycles. The molecule has 2 rings (SSSR count). The fourth-order valence-corrected chi connectivity index (χ4v) is 2.53. The van der Waals surface area contributed by atoms with Gasteiger partial charge in [-0.1, -0.05) is 23.2 Å². The maximum absolute atomic E-state index is 12.0. The van der Waals surface area contributed by atoms with Crippen LogP contribution in [0.2, 0.25) is 10.0 Å². The molecule has 1 N–H and O–H groups in total. The molecule has 1 fully saturated rings. The Hall–Kier alpha value is -1.46. The van der Waals surface area contributed by atoms with Crippen molar-refractivity contribution in [1.82, 2.24) is 4.90 Å². The largest absolute Gasteiger partial charge is 0.482 e. The highest BCUT2D eigenvalue weighted by molar-refractivity contribution is 6.34. The van der Waals surface area contributed by atoms with E-state index in [4.69, 9.17) is 33.0 Å². The number of nitrogens with zero attached hydrogens (tertiary/aromatic N) is 1. The molecule has 5 nitrogen and oxygen atoms in total. The van der Waals surface area contributed by atoms with Gasteiger partial charge in [0.2, 0.25) is 0 Å². The summed E-state index contributed by atoms with van der Waals surface area (Å²) in [6, 6.07) is 4.78. The highest BCUT2D eigenvalue weighted by Crippen LogP contribution is 2.27. The van der Waals surface area contributed by atoms with Gasteiger partial charge in [-0.3, -0.25) is 9.59 Å². The molecular formula is C14H15Cl2NO4. The Morgan fingerprint density at radius 3 is 2.57 bits per heavy atom. The van der Waals surface area contributed by atoms with Gasteiger partial charge in [0.1, 0.15) is 5.75 Å². The number of carbonyl (C=O) groups excluding carboxylic acids is 1. The van der Waals surface area contributed by atoms with Crippen molar-refractivity contribution in [2.24, 2.45) is 5.92 Å². The van der Waals surface area contributed by atoms with Crippen LogP contribution in [0.1, 0.15) is 12.8 Å². The minimum Gasteiger partial charge on any atom is -0.482 e. The first kappa shape index (κ1) is 15.9. The first-order valence-corrected chi connectivity index (χ1v) is 7.31. The first-order valence-electron chi connectivity index (χ1n) is 6.56. The fraction of sp³-hybridized carbons (Fsp3) is 0.429. The number of carboxylic acid groups (broad SMARTS) is 1. The van der Waals surface area contributed by atoms with Gasteiger partial charge < -0.3 is 14.7 Å². The number of hydrogen-bond acceptors (Lipinski definition) is 3. The summed E-state index contributed by atoms with van der Waals surface area (Å²) in [5, 5.41) is 9.78. The van der Waals surface area contributed by atoms with Gasteiger partial charge in [-0.25, -0.2) is 0 Å². The van der Waals surface area contributed by atoms with Gasteiger partial charge in [-0.05, 0) is 25.0 Å². The molecule has 0 spiro atoms. The third-order valence-electron chi connectivity index (χ3n) is 3.44. The number of benzene rings is 1. The number of amides is 1. The van der Waals surface area contributed by atoms with E-state index >= 15 is 0 Å². The Morgan fingerprint density at radius 2 is 1.95 bits per heavy atom. The fourth-order valence-electron chi connectivity index (χ4n) is 2.19. The van der Waals surface area contributed by atoms with Crippen molar-refractivity contribution >= 4 is 35.1 Å². The monoisotopic (exact) mass is 331 g/mol. The van der Waals surface area contributed by atoms with E-state index < -0.39 is 5.97 Å². The number of rotatable bonds is 4. The van der Waals surface area contributed by atoms with Crippen molar-refractivity contribution in [2.45, 2.75) is 12.8 Å². The topological polar surface area (TPSA) is 66.8 Å². The molecule has 114 valence electrons. The smallest absolute Gasteiger partial charge is 0.306 e. The summed E-state index contributed by atoms with van der Waals surface area (Å²) in [4.78, 5) is 24.5. The van der Waals surface area contributed by atoms with Crippen LogP contribution in [0, 0.1) is 5.92 Å². The number of piperidine rings is 1. The van der Waals surface area contributed by atoms with Gasteiger partial charge in [0.15, 0.2) is 6.61 Å². The number of likely N-dealkylation sites (tertiary alicyclic amines) is 1. The lowest BCUT2D eigenvalue weighted by molar-refractivity contribution is -0.146. The van der Waals surface area contributed by atoms with Crippen molar-refractivity contribution < 1.29 is 19.4 Å². The van der Waals surface area contributed by atoms with Crippen LogP contribution in [0.25, 0.3) is 0 Å². The van der Waals surface area contributed by atoms with Crippen LogP contribution in [-0.2, 0) is 9.59 Å². The maximum Gasteiger partial charge on any atom is 0.306 e. The van der Waals surface area contributed by atoms with Crippen molar-refractivity contribution in [1.29, 1.82) is 0 Å². The summed E-state index contributed by atoms with van der Waals surface area (Å²) >= 11 is 11.8. The number of ether oxygens (including phenoxy) is 1. The van der Waals surface area contributed by atoms with Crippen LogP contribution < -0.4 is 4.74 Å². The minimum atomic E-state index is -0.802. The van der Waals surface area contributed by atoms with Crippen molar-refractivity contribution in [3.05, 3.63) is 28.2 Å². The second-order valence-corrected chi connectivity index (χ2v) is 5.70. The van der Waals surface area contributed by atoms with E-state index in [0.717, 1.165) is 0 Å². The van der Waals surface area contributed by atoms with Crippen LogP contribution in [-0.4, -0.2) is 41.6 Å². The molecule has 0 atom stereocenters. The molecule has 0 bridgehead atoms. The van der Waals surface area contributed by atoms with Gasteiger partial charge in [-0.2, -0.15) is 0 Å². The predicted octanol–water partition coefficient (Wildman–Crippen LogP) is 2.70. The molecule has 0 unspecified atom stereocenters. The zero-order valence-corrected chi connectivity index (χ0v) is 12.7. The Morgan fingerprint density at radius 1 is 1.29 bits per heavy atom. The molecule has 7 heteroatoms. The lowest BCUT2D eigenvalue weighted by Gasteiger charge is -2.30. The first-order chi connectivity index (χ1) is 9.97. The molecule has 1 amide bonds. The van der Waals surface area contributed by atoms with E-state index in [0.29, 0.717) is 41.7 Å². The van der Waals surface area contributed by atoms with Gasteiger partial charge in [0.05, 0.1) is 10.9 Å². The van der Waals surface area contributed by atoms with Gasteiger partial charge in [0.25, 0.3) is 5.91 Å². The highest BCUT2D eigenvalue weighted by Gasteiger charge is 2.27. The molecule has 0 radical (unpaired) electrons. The van der Waals surface area contributed by atoms with E-state index in [-0.39, 0.29) is 18.4 Å². The second-order valence-electron chi connectivity index (χ2n) is 4.86. The molecule has 0 aliphatic carbocycles. The molecule has 1 heterocycles. The second kappa shape index (κ2) is 7.00. The van der Waals surface area contributed by atoms with E-state index in [2.05, 4.69) is 0 Å². The Bertz CT molecular complexity index is 542. The molecular weight excluding hydrogens is 317 g/mol. The zero-order valence-electron chi connectivity index (χ0n) is 11.2. The number of carboxylic acids is 1. The highest BCUT2D eigenvalue weighted by atomic mass is 35.5. The maximum atomic E-state index is 12.0. The molecule has 1 aliphatic rings. The average molecular weight is 332 g/mol. The summed E-state index contributed by atoms with van der Waals surface area (Å²) in [5.41, 5.74) is 0. The summed E-state index contributed by atoms with van der Waals surface area (Å²) in [5.74, 6) is -0.991. The normalized spacial score (nSPS) is 15.8. The molecule has 1 aromatic carbocycles. The van der Waals surface area contributed by atoms with E-state index in [1.807, 2.05) is 0 Å². The van der Waals surface area contributed by atoms with E-state index in [1.54, 1.807) is 23.1 Å². The summed E-state index contributed by atoms with van der Waals surface area (Å²) < 4.78 is 5.38. The summed E-state index contributed by atoms with van der Waals surface area (Å²) in [6.45, 7) is 0.725. The Labute approximate surface area is 132 Å². The van der Waals surface area contributed by atoms with Gasteiger partial charge in [0, 0.05) is 24.2 Å². The predicted molar refractivity (Wildman–Crippen MR) is 78.9 cm³/mol. The van der Waals surface area contributed by atoms with E-state index in [9.17, 15) is 9.59 Å². The third-order valence-corrected chi connectivity index (χ3v) is 3.99. The molecule has 1 aromatic rings. The number of halogens is 2. The summed E-state index contributed by atoms with van der Waals surface area (Å²) in [7, 11) is 0. The standard InChI is InChI=1S/C14H15Cl2NO4/c15-10-1-2-11(16)12(7-10)21-8-13(18)17-5-3-9(4-6-17)14(19)20/h1-2,7,9H,3-6,8H2,(H,19,20). The molecule has 0 aromatic heterocycles.